The standard InChI is InChI=1S/C20H25NO3/c1-13-11-19(15(3)21(23)17(5)22)12-14(2)20(13)24-16(4)18-9-7-6-8-10-18/h6-12,15-16,23H,1-5H3. The molecule has 0 spiro atoms. The molecule has 1 amide bonds. The second-order valence-electron chi connectivity index (χ2n) is 6.19. The van der Waals surface area contributed by atoms with E-state index >= 15 is 0 Å². The third kappa shape index (κ3) is 3.95. The predicted octanol–water partition coefficient (Wildman–Crippen LogP) is 4.74. The van der Waals surface area contributed by atoms with Crippen molar-refractivity contribution < 1.29 is 14.7 Å². The first-order chi connectivity index (χ1) is 11.3. The summed E-state index contributed by atoms with van der Waals surface area (Å²) in [4.78, 5) is 11.3. The molecule has 0 radical (unpaired) electrons. The summed E-state index contributed by atoms with van der Waals surface area (Å²) in [5.74, 6) is 0.463. The number of rotatable bonds is 5. The maximum atomic E-state index is 11.3. The summed E-state index contributed by atoms with van der Waals surface area (Å²) in [5, 5.41) is 10.6. The van der Waals surface area contributed by atoms with E-state index in [9.17, 15) is 10.0 Å². The molecular weight excluding hydrogens is 302 g/mol. The summed E-state index contributed by atoms with van der Waals surface area (Å²) in [5.41, 5.74) is 3.96. The van der Waals surface area contributed by atoms with Gasteiger partial charge < -0.3 is 4.74 Å². The van der Waals surface area contributed by atoms with Crippen LogP contribution in [0.5, 0.6) is 5.75 Å². The van der Waals surface area contributed by atoms with Crippen LogP contribution in [0.1, 0.15) is 55.2 Å². The summed E-state index contributed by atoms with van der Waals surface area (Å²) >= 11 is 0. The van der Waals surface area contributed by atoms with Crippen LogP contribution in [0.2, 0.25) is 0 Å². The van der Waals surface area contributed by atoms with E-state index in [1.807, 2.05) is 63.2 Å². The van der Waals surface area contributed by atoms with Crippen molar-refractivity contribution in [2.24, 2.45) is 0 Å². The lowest BCUT2D eigenvalue weighted by molar-refractivity contribution is -0.172. The molecule has 4 heteroatoms. The third-order valence-corrected chi connectivity index (χ3v) is 4.22. The number of amides is 1. The van der Waals surface area contributed by atoms with Crippen molar-refractivity contribution in [1.82, 2.24) is 5.06 Å². The molecule has 2 unspecified atom stereocenters. The topological polar surface area (TPSA) is 49.8 Å². The molecule has 4 nitrogen and oxygen atoms in total. The van der Waals surface area contributed by atoms with E-state index in [4.69, 9.17) is 4.74 Å². The van der Waals surface area contributed by atoms with Crippen molar-refractivity contribution in [2.45, 2.75) is 46.8 Å². The van der Waals surface area contributed by atoms with Crippen LogP contribution in [0.3, 0.4) is 0 Å². The lowest BCUT2D eigenvalue weighted by Gasteiger charge is -2.24. The number of hydroxylamine groups is 2. The minimum Gasteiger partial charge on any atom is -0.485 e. The van der Waals surface area contributed by atoms with Crippen LogP contribution in [0.15, 0.2) is 42.5 Å². The number of nitrogens with zero attached hydrogens (tertiary/aromatic N) is 1. The van der Waals surface area contributed by atoms with Gasteiger partial charge in [-0.05, 0) is 49.9 Å². The summed E-state index contributed by atoms with van der Waals surface area (Å²) in [6.45, 7) is 9.12. The number of hydrogen-bond donors (Lipinski definition) is 1. The van der Waals surface area contributed by atoms with Crippen molar-refractivity contribution in [1.29, 1.82) is 0 Å². The maximum Gasteiger partial charge on any atom is 0.243 e. The predicted molar refractivity (Wildman–Crippen MR) is 94.1 cm³/mol. The molecular formula is C20H25NO3. The Labute approximate surface area is 143 Å². The normalized spacial score (nSPS) is 13.2. The number of carbonyl (C=O) groups is 1. The van der Waals surface area contributed by atoms with Gasteiger partial charge in [0.15, 0.2) is 0 Å². The Balaban J connectivity index is 2.26. The van der Waals surface area contributed by atoms with E-state index in [0.717, 1.165) is 33.1 Å². The van der Waals surface area contributed by atoms with Gasteiger partial charge in [-0.3, -0.25) is 10.0 Å². The van der Waals surface area contributed by atoms with Gasteiger partial charge in [0.1, 0.15) is 11.9 Å². The number of carbonyl (C=O) groups excluding carboxylic acids is 1. The van der Waals surface area contributed by atoms with Gasteiger partial charge in [0, 0.05) is 6.92 Å². The molecule has 0 saturated heterocycles. The molecule has 1 N–H and O–H groups in total. The van der Waals surface area contributed by atoms with Gasteiger partial charge in [0.25, 0.3) is 0 Å². The minimum absolute atomic E-state index is 0.0570. The number of benzene rings is 2. The molecule has 2 atom stereocenters. The van der Waals surface area contributed by atoms with Crippen molar-refractivity contribution in [3.05, 3.63) is 64.7 Å². The Morgan fingerprint density at radius 2 is 1.58 bits per heavy atom. The molecule has 0 fully saturated rings. The molecule has 2 rings (SSSR count). The summed E-state index contributed by atoms with van der Waals surface area (Å²) in [7, 11) is 0. The molecule has 0 aliphatic rings. The van der Waals surface area contributed by atoms with Crippen LogP contribution in [0.4, 0.5) is 0 Å². The second kappa shape index (κ2) is 7.49. The van der Waals surface area contributed by atoms with Crippen LogP contribution in [-0.2, 0) is 4.79 Å². The van der Waals surface area contributed by atoms with Gasteiger partial charge in [-0.15, -0.1) is 0 Å². The fourth-order valence-electron chi connectivity index (χ4n) is 2.79. The van der Waals surface area contributed by atoms with Gasteiger partial charge in [-0.1, -0.05) is 42.5 Å². The summed E-state index contributed by atoms with van der Waals surface area (Å²) < 4.78 is 6.16. The number of hydrogen-bond acceptors (Lipinski definition) is 3. The van der Waals surface area contributed by atoms with Gasteiger partial charge in [-0.2, -0.15) is 0 Å². The first kappa shape index (κ1) is 18.0. The molecule has 0 bridgehead atoms. The van der Waals surface area contributed by atoms with E-state index in [-0.39, 0.29) is 12.0 Å². The van der Waals surface area contributed by atoms with Gasteiger partial charge >= 0.3 is 0 Å². The second-order valence-corrected chi connectivity index (χ2v) is 6.19. The summed E-state index contributed by atoms with van der Waals surface area (Å²) in [6.07, 6.45) is -0.0570. The Bertz CT molecular complexity index is 689. The van der Waals surface area contributed by atoms with Crippen molar-refractivity contribution in [3.8, 4) is 5.75 Å². The molecule has 0 heterocycles. The Hall–Kier alpha value is -2.33. The fourth-order valence-corrected chi connectivity index (χ4v) is 2.79. The van der Waals surface area contributed by atoms with Gasteiger partial charge in [0.2, 0.25) is 5.91 Å². The molecule has 0 aromatic heterocycles. The van der Waals surface area contributed by atoms with E-state index in [1.165, 1.54) is 6.92 Å². The highest BCUT2D eigenvalue weighted by atomic mass is 16.5. The SMILES string of the molecule is CC(=O)N(O)C(C)c1cc(C)c(OC(C)c2ccccc2)c(C)c1. The lowest BCUT2D eigenvalue weighted by Crippen LogP contribution is -2.28. The molecule has 2 aromatic rings. The highest BCUT2D eigenvalue weighted by molar-refractivity contribution is 5.72. The number of ether oxygens (including phenoxy) is 1. The molecule has 0 saturated carbocycles. The Morgan fingerprint density at radius 3 is 2.08 bits per heavy atom. The van der Waals surface area contributed by atoms with Crippen LogP contribution in [0, 0.1) is 13.8 Å². The average Bonchev–Trinajstić information content (AvgIpc) is 2.57. The zero-order valence-electron chi connectivity index (χ0n) is 14.9. The van der Waals surface area contributed by atoms with E-state index < -0.39 is 6.04 Å². The monoisotopic (exact) mass is 327 g/mol. The highest BCUT2D eigenvalue weighted by Crippen LogP contribution is 2.32. The smallest absolute Gasteiger partial charge is 0.243 e. The minimum atomic E-state index is -0.402. The summed E-state index contributed by atoms with van der Waals surface area (Å²) in [6, 6.07) is 13.6. The molecule has 2 aromatic carbocycles. The van der Waals surface area contributed by atoms with Gasteiger partial charge in [0.05, 0.1) is 6.04 Å². The number of aryl methyl sites for hydroxylation is 2. The van der Waals surface area contributed by atoms with Crippen molar-refractivity contribution in [2.75, 3.05) is 0 Å². The van der Waals surface area contributed by atoms with Crippen LogP contribution < -0.4 is 4.74 Å². The van der Waals surface area contributed by atoms with Crippen LogP contribution in [0.25, 0.3) is 0 Å². The zero-order chi connectivity index (χ0) is 17.9. The Morgan fingerprint density at radius 1 is 1.04 bits per heavy atom. The van der Waals surface area contributed by atoms with Crippen molar-refractivity contribution >= 4 is 5.91 Å². The molecule has 24 heavy (non-hydrogen) atoms. The molecule has 128 valence electrons. The van der Waals surface area contributed by atoms with Crippen LogP contribution >= 0.6 is 0 Å². The third-order valence-electron chi connectivity index (χ3n) is 4.22. The Kier molecular flexibility index (Phi) is 5.62. The van der Waals surface area contributed by atoms with Gasteiger partial charge in [-0.25, -0.2) is 5.06 Å². The average molecular weight is 327 g/mol. The van der Waals surface area contributed by atoms with Crippen LogP contribution in [-0.4, -0.2) is 16.2 Å². The first-order valence-corrected chi connectivity index (χ1v) is 8.12. The first-order valence-electron chi connectivity index (χ1n) is 8.12. The van der Waals surface area contributed by atoms with E-state index in [1.54, 1.807) is 6.92 Å². The maximum absolute atomic E-state index is 11.3. The van der Waals surface area contributed by atoms with Crippen molar-refractivity contribution in [3.63, 3.8) is 0 Å². The molecule has 0 aliphatic heterocycles. The van der Waals surface area contributed by atoms with E-state index in [0.29, 0.717) is 0 Å². The van der Waals surface area contributed by atoms with E-state index in [2.05, 4.69) is 0 Å². The quantitative estimate of drug-likeness (QED) is 0.637. The fraction of sp³-hybridized carbons (Fsp3) is 0.350. The highest BCUT2D eigenvalue weighted by Gasteiger charge is 2.19. The largest absolute Gasteiger partial charge is 0.485 e. The molecule has 0 aliphatic carbocycles. The zero-order valence-corrected chi connectivity index (χ0v) is 14.9. The lowest BCUT2D eigenvalue weighted by atomic mass is 10.0.